The Labute approximate surface area is 128 Å². The highest BCUT2D eigenvalue weighted by Gasteiger charge is 2.09. The minimum absolute atomic E-state index is 0.185. The van der Waals surface area contributed by atoms with Gasteiger partial charge in [0, 0.05) is 10.2 Å². The number of aliphatic hydroxyl groups is 1. The van der Waals surface area contributed by atoms with Crippen molar-refractivity contribution in [3.05, 3.63) is 57.0 Å². The number of benzene rings is 2. The van der Waals surface area contributed by atoms with Crippen LogP contribution in [0.4, 0.5) is 5.69 Å². The summed E-state index contributed by atoms with van der Waals surface area (Å²) in [7, 11) is 0. The molecule has 0 saturated carbocycles. The number of rotatable bonds is 4. The van der Waals surface area contributed by atoms with Gasteiger partial charge < -0.3 is 15.6 Å². The third-order valence-electron chi connectivity index (χ3n) is 2.61. The maximum atomic E-state index is 10.0. The summed E-state index contributed by atoms with van der Waals surface area (Å²) in [5.41, 5.74) is 7.06. The summed E-state index contributed by atoms with van der Waals surface area (Å²) in [6, 6.07) is 12.7. The van der Waals surface area contributed by atoms with Crippen LogP contribution in [0.25, 0.3) is 0 Å². The fraction of sp³-hybridized carbons (Fsp3) is 0.143. The molecule has 19 heavy (non-hydrogen) atoms. The molecule has 3 N–H and O–H groups in total. The summed E-state index contributed by atoms with van der Waals surface area (Å²) in [4.78, 5) is 0. The summed E-state index contributed by atoms with van der Waals surface area (Å²) in [6.07, 6.45) is -0.684. The zero-order valence-electron chi connectivity index (χ0n) is 10.0. The molecule has 0 bridgehead atoms. The van der Waals surface area contributed by atoms with E-state index in [4.69, 9.17) is 10.5 Å². The van der Waals surface area contributed by atoms with E-state index in [-0.39, 0.29) is 6.61 Å². The Morgan fingerprint density at radius 2 is 1.79 bits per heavy atom. The Balaban J connectivity index is 2.00. The molecule has 0 spiro atoms. The van der Waals surface area contributed by atoms with Gasteiger partial charge >= 0.3 is 0 Å². The molecule has 0 aliphatic heterocycles. The third-order valence-corrected chi connectivity index (χ3v) is 3.72. The van der Waals surface area contributed by atoms with Crippen LogP contribution in [0.1, 0.15) is 11.7 Å². The highest BCUT2D eigenvalue weighted by molar-refractivity contribution is 9.11. The van der Waals surface area contributed by atoms with Crippen molar-refractivity contribution < 1.29 is 9.84 Å². The fourth-order valence-corrected chi connectivity index (χ4v) is 2.74. The van der Waals surface area contributed by atoms with Crippen LogP contribution in [0.5, 0.6) is 5.75 Å². The van der Waals surface area contributed by atoms with Crippen LogP contribution < -0.4 is 10.5 Å². The number of ether oxygens (including phenoxy) is 1. The van der Waals surface area contributed by atoms with Crippen molar-refractivity contribution in [2.24, 2.45) is 0 Å². The zero-order chi connectivity index (χ0) is 13.8. The van der Waals surface area contributed by atoms with Crippen molar-refractivity contribution in [2.75, 3.05) is 12.3 Å². The van der Waals surface area contributed by atoms with Crippen LogP contribution in [0.2, 0.25) is 0 Å². The van der Waals surface area contributed by atoms with Crippen LogP contribution in [-0.4, -0.2) is 11.7 Å². The minimum Gasteiger partial charge on any atom is -0.489 e. The maximum Gasteiger partial charge on any atom is 0.133 e. The third kappa shape index (κ3) is 3.96. The summed E-state index contributed by atoms with van der Waals surface area (Å²) >= 11 is 6.78. The first-order valence-corrected chi connectivity index (χ1v) is 7.26. The SMILES string of the molecule is Nc1ccc(C(O)COc2ccc(Br)cc2Br)cc1. The molecule has 0 radical (unpaired) electrons. The minimum atomic E-state index is -0.684. The second kappa shape index (κ2) is 6.41. The van der Waals surface area contributed by atoms with Gasteiger partial charge in [-0.3, -0.25) is 0 Å². The van der Waals surface area contributed by atoms with Gasteiger partial charge in [-0.2, -0.15) is 0 Å². The lowest BCUT2D eigenvalue weighted by Gasteiger charge is -2.14. The number of hydrogen-bond acceptors (Lipinski definition) is 3. The van der Waals surface area contributed by atoms with Gasteiger partial charge in [-0.25, -0.2) is 0 Å². The molecular formula is C14H13Br2NO2. The van der Waals surface area contributed by atoms with E-state index in [0.29, 0.717) is 11.4 Å². The number of hydrogen-bond donors (Lipinski definition) is 2. The van der Waals surface area contributed by atoms with Gasteiger partial charge in [0.2, 0.25) is 0 Å². The van der Waals surface area contributed by atoms with Crippen molar-refractivity contribution >= 4 is 37.5 Å². The molecule has 0 aromatic heterocycles. The Hall–Kier alpha value is -1.04. The van der Waals surface area contributed by atoms with Crippen molar-refractivity contribution in [1.82, 2.24) is 0 Å². The Kier molecular flexibility index (Phi) is 4.85. The van der Waals surface area contributed by atoms with Crippen LogP contribution in [-0.2, 0) is 0 Å². The number of halogens is 2. The molecule has 3 nitrogen and oxygen atoms in total. The molecule has 0 aliphatic carbocycles. The molecule has 0 heterocycles. The van der Waals surface area contributed by atoms with Gasteiger partial charge in [-0.1, -0.05) is 28.1 Å². The van der Waals surface area contributed by atoms with E-state index in [1.165, 1.54) is 0 Å². The molecule has 2 aromatic rings. The van der Waals surface area contributed by atoms with Crippen molar-refractivity contribution in [1.29, 1.82) is 0 Å². The van der Waals surface area contributed by atoms with E-state index in [1.807, 2.05) is 18.2 Å². The number of nitrogens with two attached hydrogens (primary N) is 1. The van der Waals surface area contributed by atoms with Gasteiger partial charge in [0.05, 0.1) is 4.47 Å². The quantitative estimate of drug-likeness (QED) is 0.783. The fourth-order valence-electron chi connectivity index (χ4n) is 1.58. The molecule has 2 aromatic carbocycles. The highest BCUT2D eigenvalue weighted by Crippen LogP contribution is 2.29. The number of anilines is 1. The predicted octanol–water partition coefficient (Wildman–Crippen LogP) is 3.91. The van der Waals surface area contributed by atoms with Crippen LogP contribution in [0, 0.1) is 0 Å². The molecule has 0 aliphatic rings. The zero-order valence-corrected chi connectivity index (χ0v) is 13.2. The van der Waals surface area contributed by atoms with Gasteiger partial charge in [-0.15, -0.1) is 0 Å². The second-order valence-corrected chi connectivity index (χ2v) is 5.84. The topological polar surface area (TPSA) is 55.5 Å². The normalized spacial score (nSPS) is 12.2. The monoisotopic (exact) mass is 385 g/mol. The van der Waals surface area contributed by atoms with E-state index in [0.717, 1.165) is 14.5 Å². The smallest absolute Gasteiger partial charge is 0.133 e. The molecule has 0 amide bonds. The first-order valence-electron chi connectivity index (χ1n) is 5.67. The van der Waals surface area contributed by atoms with E-state index in [2.05, 4.69) is 31.9 Å². The van der Waals surface area contributed by atoms with E-state index >= 15 is 0 Å². The number of aliphatic hydroxyl groups excluding tert-OH is 1. The Morgan fingerprint density at radius 1 is 1.11 bits per heavy atom. The van der Waals surface area contributed by atoms with Gasteiger partial charge in [0.25, 0.3) is 0 Å². The predicted molar refractivity (Wildman–Crippen MR) is 83.2 cm³/mol. The Bertz CT molecular complexity index is 558. The summed E-state index contributed by atoms with van der Waals surface area (Å²) in [6.45, 7) is 0.185. The van der Waals surface area contributed by atoms with Gasteiger partial charge in [0.15, 0.2) is 0 Å². The molecule has 1 atom stereocenters. The second-order valence-electron chi connectivity index (χ2n) is 4.07. The summed E-state index contributed by atoms with van der Waals surface area (Å²) < 4.78 is 7.39. The molecule has 100 valence electrons. The lowest BCUT2D eigenvalue weighted by atomic mass is 10.1. The van der Waals surface area contributed by atoms with Crippen molar-refractivity contribution in [3.63, 3.8) is 0 Å². The lowest BCUT2D eigenvalue weighted by molar-refractivity contribution is 0.108. The Morgan fingerprint density at radius 3 is 2.42 bits per heavy atom. The van der Waals surface area contributed by atoms with Gasteiger partial charge in [0.1, 0.15) is 18.5 Å². The van der Waals surface area contributed by atoms with Crippen molar-refractivity contribution in [3.8, 4) is 5.75 Å². The van der Waals surface area contributed by atoms with E-state index in [9.17, 15) is 5.11 Å². The largest absolute Gasteiger partial charge is 0.489 e. The van der Waals surface area contributed by atoms with Crippen molar-refractivity contribution in [2.45, 2.75) is 6.10 Å². The van der Waals surface area contributed by atoms with Crippen LogP contribution >= 0.6 is 31.9 Å². The average molecular weight is 387 g/mol. The number of nitrogen functional groups attached to an aromatic ring is 1. The highest BCUT2D eigenvalue weighted by atomic mass is 79.9. The molecule has 1 unspecified atom stereocenters. The lowest BCUT2D eigenvalue weighted by Crippen LogP contribution is -2.10. The summed E-state index contributed by atoms with van der Waals surface area (Å²) in [5.74, 6) is 0.692. The first-order chi connectivity index (χ1) is 9.06. The molecule has 0 saturated heterocycles. The van der Waals surface area contributed by atoms with E-state index < -0.39 is 6.10 Å². The standard InChI is InChI=1S/C14H13Br2NO2/c15-10-3-6-14(12(16)7-10)19-8-13(18)9-1-4-11(17)5-2-9/h1-7,13,18H,8,17H2. The summed E-state index contributed by atoms with van der Waals surface area (Å²) in [5, 5.41) is 10.0. The average Bonchev–Trinajstić information content (AvgIpc) is 2.38. The van der Waals surface area contributed by atoms with Crippen LogP contribution in [0.15, 0.2) is 51.4 Å². The van der Waals surface area contributed by atoms with Gasteiger partial charge in [-0.05, 0) is 51.8 Å². The molecule has 2 rings (SSSR count). The van der Waals surface area contributed by atoms with Crippen LogP contribution in [0.3, 0.4) is 0 Å². The first kappa shape index (κ1) is 14.4. The molecule has 0 fully saturated rings. The molecular weight excluding hydrogens is 374 g/mol. The molecule has 5 heteroatoms. The maximum absolute atomic E-state index is 10.0. The van der Waals surface area contributed by atoms with E-state index in [1.54, 1.807) is 24.3 Å².